The molecule has 0 amide bonds. The summed E-state index contributed by atoms with van der Waals surface area (Å²) in [4.78, 5) is 0. The maximum absolute atomic E-state index is 13.8. The molecule has 1 atom stereocenters. The SMILES string of the molecule is Cn1cc(C(F)CCN)c(C(C)(C)C)n1. The van der Waals surface area contributed by atoms with Crippen LogP contribution >= 0.6 is 0 Å². The predicted octanol–water partition coefficient (Wildman–Crippen LogP) is 2.08. The molecule has 4 heteroatoms. The van der Waals surface area contributed by atoms with Gasteiger partial charge in [0.2, 0.25) is 0 Å². The summed E-state index contributed by atoms with van der Waals surface area (Å²) >= 11 is 0. The van der Waals surface area contributed by atoms with Crippen molar-refractivity contribution in [1.29, 1.82) is 0 Å². The summed E-state index contributed by atoms with van der Waals surface area (Å²) in [6.45, 7) is 6.47. The van der Waals surface area contributed by atoms with Gasteiger partial charge in [-0.1, -0.05) is 20.8 Å². The van der Waals surface area contributed by atoms with E-state index in [2.05, 4.69) is 5.10 Å². The van der Waals surface area contributed by atoms with Crippen LogP contribution in [0.25, 0.3) is 0 Å². The molecule has 1 aromatic heterocycles. The smallest absolute Gasteiger partial charge is 0.130 e. The van der Waals surface area contributed by atoms with Gasteiger partial charge in [-0.25, -0.2) is 4.39 Å². The summed E-state index contributed by atoms with van der Waals surface area (Å²) in [7, 11) is 1.81. The summed E-state index contributed by atoms with van der Waals surface area (Å²) in [6, 6.07) is 0. The zero-order valence-corrected chi connectivity index (χ0v) is 9.92. The first kappa shape index (κ1) is 12.2. The molecule has 0 aliphatic rings. The third-order valence-electron chi connectivity index (χ3n) is 2.33. The Bertz CT molecular complexity index is 325. The molecule has 1 aromatic rings. The first-order valence-electron chi connectivity index (χ1n) is 5.24. The molecule has 1 heterocycles. The summed E-state index contributed by atoms with van der Waals surface area (Å²) < 4.78 is 15.5. The van der Waals surface area contributed by atoms with Gasteiger partial charge < -0.3 is 5.73 Å². The van der Waals surface area contributed by atoms with Crippen molar-refractivity contribution in [2.75, 3.05) is 6.54 Å². The Morgan fingerprint density at radius 1 is 1.53 bits per heavy atom. The third-order valence-corrected chi connectivity index (χ3v) is 2.33. The van der Waals surface area contributed by atoms with Crippen LogP contribution in [0.5, 0.6) is 0 Å². The lowest BCUT2D eigenvalue weighted by molar-refractivity contribution is 0.322. The Morgan fingerprint density at radius 3 is 2.60 bits per heavy atom. The molecule has 0 saturated heterocycles. The maximum Gasteiger partial charge on any atom is 0.130 e. The van der Waals surface area contributed by atoms with Gasteiger partial charge in [-0.3, -0.25) is 4.68 Å². The van der Waals surface area contributed by atoms with E-state index in [0.29, 0.717) is 18.5 Å². The molecule has 1 rings (SSSR count). The number of aryl methyl sites for hydroxylation is 1. The highest BCUT2D eigenvalue weighted by Gasteiger charge is 2.25. The molecule has 0 aromatic carbocycles. The third kappa shape index (κ3) is 2.78. The van der Waals surface area contributed by atoms with Gasteiger partial charge in [0.15, 0.2) is 0 Å². The van der Waals surface area contributed by atoms with E-state index in [1.165, 1.54) is 0 Å². The largest absolute Gasteiger partial charge is 0.330 e. The summed E-state index contributed by atoms with van der Waals surface area (Å²) in [6.07, 6.45) is 1.10. The lowest BCUT2D eigenvalue weighted by atomic mass is 9.88. The van der Waals surface area contributed by atoms with Crippen molar-refractivity contribution in [1.82, 2.24) is 9.78 Å². The zero-order valence-electron chi connectivity index (χ0n) is 9.92. The fourth-order valence-corrected chi connectivity index (χ4v) is 1.62. The van der Waals surface area contributed by atoms with E-state index in [0.717, 1.165) is 5.69 Å². The number of hydrogen-bond acceptors (Lipinski definition) is 2. The van der Waals surface area contributed by atoms with Crippen molar-refractivity contribution in [3.8, 4) is 0 Å². The zero-order chi connectivity index (χ0) is 11.6. The van der Waals surface area contributed by atoms with E-state index in [-0.39, 0.29) is 5.41 Å². The molecular formula is C11H20FN3. The van der Waals surface area contributed by atoms with E-state index in [4.69, 9.17) is 5.73 Å². The second-order valence-corrected chi connectivity index (χ2v) is 4.90. The van der Waals surface area contributed by atoms with Crippen LogP contribution in [0.4, 0.5) is 4.39 Å². The van der Waals surface area contributed by atoms with E-state index in [1.807, 2.05) is 27.8 Å². The maximum atomic E-state index is 13.8. The van der Waals surface area contributed by atoms with Crippen LogP contribution in [-0.2, 0) is 12.5 Å². The van der Waals surface area contributed by atoms with Gasteiger partial charge in [-0.05, 0) is 13.0 Å². The molecule has 0 radical (unpaired) electrons. The average molecular weight is 213 g/mol. The number of rotatable bonds is 3. The minimum Gasteiger partial charge on any atom is -0.330 e. The Labute approximate surface area is 90.5 Å². The Morgan fingerprint density at radius 2 is 2.13 bits per heavy atom. The van der Waals surface area contributed by atoms with Crippen molar-refractivity contribution in [3.05, 3.63) is 17.5 Å². The van der Waals surface area contributed by atoms with Crippen LogP contribution in [0, 0.1) is 0 Å². The van der Waals surface area contributed by atoms with Crippen LogP contribution in [-0.4, -0.2) is 16.3 Å². The minimum atomic E-state index is -1.00. The molecule has 0 aliphatic heterocycles. The highest BCUT2D eigenvalue weighted by Crippen LogP contribution is 2.31. The quantitative estimate of drug-likeness (QED) is 0.835. The molecule has 3 nitrogen and oxygen atoms in total. The van der Waals surface area contributed by atoms with E-state index < -0.39 is 6.17 Å². The summed E-state index contributed by atoms with van der Waals surface area (Å²) in [5, 5.41) is 4.32. The standard InChI is InChI=1S/C11H20FN3/c1-11(2,3)10-8(7-15(4)14-10)9(12)5-6-13/h7,9H,5-6,13H2,1-4H3. The van der Waals surface area contributed by atoms with Crippen molar-refractivity contribution in [2.45, 2.75) is 38.8 Å². The van der Waals surface area contributed by atoms with Crippen LogP contribution in [0.15, 0.2) is 6.20 Å². The molecular weight excluding hydrogens is 193 g/mol. The molecule has 15 heavy (non-hydrogen) atoms. The highest BCUT2D eigenvalue weighted by molar-refractivity contribution is 5.26. The molecule has 0 aliphatic carbocycles. The van der Waals surface area contributed by atoms with Gasteiger partial charge in [0, 0.05) is 24.2 Å². The van der Waals surface area contributed by atoms with Crippen molar-refractivity contribution >= 4 is 0 Å². The first-order chi connectivity index (χ1) is 6.86. The number of alkyl halides is 1. The fraction of sp³-hybridized carbons (Fsp3) is 0.727. The van der Waals surface area contributed by atoms with Gasteiger partial charge in [-0.15, -0.1) is 0 Å². The summed E-state index contributed by atoms with van der Waals surface area (Å²) in [5.74, 6) is 0. The number of hydrogen-bond donors (Lipinski definition) is 1. The van der Waals surface area contributed by atoms with Crippen LogP contribution in [0.3, 0.4) is 0 Å². The molecule has 0 spiro atoms. The van der Waals surface area contributed by atoms with E-state index in [9.17, 15) is 4.39 Å². The van der Waals surface area contributed by atoms with Gasteiger partial charge in [0.1, 0.15) is 6.17 Å². The van der Waals surface area contributed by atoms with E-state index in [1.54, 1.807) is 10.9 Å². The molecule has 0 fully saturated rings. The Balaban J connectivity index is 3.06. The van der Waals surface area contributed by atoms with Gasteiger partial charge >= 0.3 is 0 Å². The highest BCUT2D eigenvalue weighted by atomic mass is 19.1. The number of nitrogens with zero attached hydrogens (tertiary/aromatic N) is 2. The predicted molar refractivity (Wildman–Crippen MR) is 59.4 cm³/mol. The van der Waals surface area contributed by atoms with Crippen molar-refractivity contribution in [2.24, 2.45) is 12.8 Å². The second kappa shape index (κ2) is 4.31. The number of halogens is 1. The molecule has 1 unspecified atom stereocenters. The average Bonchev–Trinajstić information content (AvgIpc) is 2.47. The summed E-state index contributed by atoms with van der Waals surface area (Å²) in [5.41, 5.74) is 6.74. The Hall–Kier alpha value is -0.900. The fourth-order valence-electron chi connectivity index (χ4n) is 1.62. The monoisotopic (exact) mass is 213 g/mol. The van der Waals surface area contributed by atoms with Crippen LogP contribution in [0.2, 0.25) is 0 Å². The van der Waals surface area contributed by atoms with E-state index >= 15 is 0 Å². The number of aromatic nitrogens is 2. The first-order valence-corrected chi connectivity index (χ1v) is 5.24. The van der Waals surface area contributed by atoms with Crippen LogP contribution in [0.1, 0.15) is 44.6 Å². The molecule has 0 saturated carbocycles. The Kier molecular flexibility index (Phi) is 3.50. The van der Waals surface area contributed by atoms with Crippen molar-refractivity contribution in [3.63, 3.8) is 0 Å². The van der Waals surface area contributed by atoms with Gasteiger partial charge in [0.05, 0.1) is 5.69 Å². The number of nitrogens with two attached hydrogens (primary N) is 1. The molecule has 86 valence electrons. The van der Waals surface area contributed by atoms with Gasteiger partial charge in [-0.2, -0.15) is 5.10 Å². The van der Waals surface area contributed by atoms with Gasteiger partial charge in [0.25, 0.3) is 0 Å². The topological polar surface area (TPSA) is 43.8 Å². The molecule has 2 N–H and O–H groups in total. The van der Waals surface area contributed by atoms with Crippen molar-refractivity contribution < 1.29 is 4.39 Å². The second-order valence-electron chi connectivity index (χ2n) is 4.90. The normalized spacial score (nSPS) is 14.3. The van der Waals surface area contributed by atoms with Crippen LogP contribution < -0.4 is 5.73 Å². The lowest BCUT2D eigenvalue weighted by Crippen LogP contribution is -2.16. The molecule has 0 bridgehead atoms. The lowest BCUT2D eigenvalue weighted by Gasteiger charge is -2.18. The minimum absolute atomic E-state index is 0.129.